The number of carbonyl (C=O) groups is 2. The summed E-state index contributed by atoms with van der Waals surface area (Å²) in [5.41, 5.74) is 0.0825. The minimum atomic E-state index is -1.07. The van der Waals surface area contributed by atoms with Gasteiger partial charge in [0.1, 0.15) is 5.03 Å². The van der Waals surface area contributed by atoms with Gasteiger partial charge in [-0.2, -0.15) is 0 Å². The van der Waals surface area contributed by atoms with Gasteiger partial charge in [0.2, 0.25) is 5.91 Å². The molecule has 0 aliphatic heterocycles. The molecule has 0 saturated heterocycles. The van der Waals surface area contributed by atoms with E-state index in [0.29, 0.717) is 5.03 Å². The predicted molar refractivity (Wildman–Crippen MR) is 68.4 cm³/mol. The summed E-state index contributed by atoms with van der Waals surface area (Å²) in [5, 5.41) is 11.4. The third kappa shape index (κ3) is 3.79. The second kappa shape index (κ2) is 6.67. The molecular weight excluding hydrogens is 252 g/mol. The first-order valence-corrected chi connectivity index (χ1v) is 6.00. The van der Waals surface area contributed by atoms with E-state index >= 15 is 0 Å². The number of carboxylic acids is 1. The highest BCUT2D eigenvalue weighted by Gasteiger charge is 2.18. The van der Waals surface area contributed by atoms with Gasteiger partial charge in [-0.25, -0.2) is 9.78 Å². The van der Waals surface area contributed by atoms with Crippen LogP contribution in [0.25, 0.3) is 0 Å². The fourth-order valence-electron chi connectivity index (χ4n) is 1.15. The number of aromatic carboxylic acids is 1. The van der Waals surface area contributed by atoms with Crippen molar-refractivity contribution in [1.82, 2.24) is 10.3 Å². The molecule has 1 unspecified atom stereocenters. The number of amides is 1. The molecule has 0 radical (unpaired) electrons. The van der Waals surface area contributed by atoms with Gasteiger partial charge in [-0.15, -0.1) is 6.42 Å². The summed E-state index contributed by atoms with van der Waals surface area (Å²) >= 11 is 1.08. The smallest absolute Gasteiger partial charge is 0.338 e. The molecule has 1 amide bonds. The lowest BCUT2D eigenvalue weighted by atomic mass is 10.3. The highest BCUT2D eigenvalue weighted by atomic mass is 32.2. The molecule has 2 N–H and O–H groups in total. The number of aromatic nitrogens is 1. The van der Waals surface area contributed by atoms with Crippen molar-refractivity contribution in [3.63, 3.8) is 0 Å². The van der Waals surface area contributed by atoms with Gasteiger partial charge in [-0.3, -0.25) is 4.79 Å². The second-order valence-electron chi connectivity index (χ2n) is 3.34. The molecule has 0 spiro atoms. The van der Waals surface area contributed by atoms with E-state index in [1.807, 2.05) is 0 Å². The van der Waals surface area contributed by atoms with Gasteiger partial charge >= 0.3 is 5.97 Å². The van der Waals surface area contributed by atoms with Gasteiger partial charge in [0.25, 0.3) is 0 Å². The highest BCUT2D eigenvalue weighted by molar-refractivity contribution is 8.00. The maximum Gasteiger partial charge on any atom is 0.338 e. The normalized spacial score (nSPS) is 11.3. The van der Waals surface area contributed by atoms with Gasteiger partial charge in [0.15, 0.2) is 0 Å². The molecular formula is C12H12N2O3S. The van der Waals surface area contributed by atoms with Crippen molar-refractivity contribution < 1.29 is 14.7 Å². The molecule has 1 aromatic heterocycles. The number of terminal acetylenes is 1. The van der Waals surface area contributed by atoms with Crippen molar-refractivity contribution >= 4 is 23.6 Å². The summed E-state index contributed by atoms with van der Waals surface area (Å²) in [6.45, 7) is 1.81. The van der Waals surface area contributed by atoms with Crippen LogP contribution in [-0.2, 0) is 4.79 Å². The third-order valence-electron chi connectivity index (χ3n) is 2.02. The summed E-state index contributed by atoms with van der Waals surface area (Å²) in [4.78, 5) is 26.5. The summed E-state index contributed by atoms with van der Waals surface area (Å²) in [6, 6.07) is 2.99. The van der Waals surface area contributed by atoms with E-state index in [9.17, 15) is 9.59 Å². The monoisotopic (exact) mass is 264 g/mol. The van der Waals surface area contributed by atoms with E-state index in [4.69, 9.17) is 11.5 Å². The Balaban J connectivity index is 2.76. The van der Waals surface area contributed by atoms with E-state index < -0.39 is 11.2 Å². The lowest BCUT2D eigenvalue weighted by Crippen LogP contribution is -2.31. The molecule has 0 fully saturated rings. The van der Waals surface area contributed by atoms with Crippen LogP contribution < -0.4 is 5.32 Å². The van der Waals surface area contributed by atoms with Crippen LogP contribution >= 0.6 is 11.8 Å². The van der Waals surface area contributed by atoms with E-state index in [-0.39, 0.29) is 18.0 Å². The number of nitrogens with zero attached hydrogens (tertiary/aromatic N) is 1. The first kappa shape index (κ1) is 14.1. The first-order valence-electron chi connectivity index (χ1n) is 5.12. The van der Waals surface area contributed by atoms with Gasteiger partial charge < -0.3 is 10.4 Å². The molecule has 1 atom stereocenters. The van der Waals surface area contributed by atoms with Crippen molar-refractivity contribution in [2.75, 3.05) is 6.54 Å². The minimum absolute atomic E-state index is 0.0825. The van der Waals surface area contributed by atoms with Gasteiger partial charge in [0.05, 0.1) is 17.4 Å². The average Bonchev–Trinajstić information content (AvgIpc) is 2.36. The zero-order valence-electron chi connectivity index (χ0n) is 9.71. The zero-order chi connectivity index (χ0) is 13.5. The molecule has 94 valence electrons. The Bertz CT molecular complexity index is 496. The number of pyridine rings is 1. The zero-order valence-corrected chi connectivity index (χ0v) is 10.5. The predicted octanol–water partition coefficient (Wildman–Crippen LogP) is 1.01. The Kier molecular flexibility index (Phi) is 5.21. The molecule has 1 rings (SSSR count). The summed E-state index contributed by atoms with van der Waals surface area (Å²) in [6.07, 6.45) is 6.52. The molecule has 18 heavy (non-hydrogen) atoms. The average molecular weight is 264 g/mol. The Morgan fingerprint density at radius 2 is 2.39 bits per heavy atom. The van der Waals surface area contributed by atoms with Crippen LogP contribution in [0.1, 0.15) is 17.3 Å². The van der Waals surface area contributed by atoms with Crippen LogP contribution in [0.2, 0.25) is 0 Å². The molecule has 0 aliphatic carbocycles. The van der Waals surface area contributed by atoms with Crippen molar-refractivity contribution in [3.05, 3.63) is 23.9 Å². The summed E-state index contributed by atoms with van der Waals surface area (Å²) in [5.74, 6) is 0.978. The van der Waals surface area contributed by atoms with E-state index in [1.165, 1.54) is 18.3 Å². The number of carbonyl (C=O) groups excluding carboxylic acids is 1. The highest BCUT2D eigenvalue weighted by Crippen LogP contribution is 2.24. The Labute approximate surface area is 109 Å². The summed E-state index contributed by atoms with van der Waals surface area (Å²) in [7, 11) is 0. The number of hydrogen-bond donors (Lipinski definition) is 2. The lowest BCUT2D eigenvalue weighted by molar-refractivity contribution is -0.120. The fourth-order valence-corrected chi connectivity index (χ4v) is 2.08. The maximum absolute atomic E-state index is 11.6. The van der Waals surface area contributed by atoms with Crippen LogP contribution in [0.5, 0.6) is 0 Å². The molecule has 0 bridgehead atoms. The Hall–Kier alpha value is -2.00. The largest absolute Gasteiger partial charge is 0.478 e. The summed E-state index contributed by atoms with van der Waals surface area (Å²) < 4.78 is 0. The lowest BCUT2D eigenvalue weighted by Gasteiger charge is -2.11. The maximum atomic E-state index is 11.6. The van der Waals surface area contributed by atoms with Crippen molar-refractivity contribution in [3.8, 4) is 12.3 Å². The Morgan fingerprint density at radius 3 is 3.00 bits per heavy atom. The topological polar surface area (TPSA) is 79.3 Å². The second-order valence-corrected chi connectivity index (χ2v) is 4.67. The van der Waals surface area contributed by atoms with Crippen molar-refractivity contribution in [2.24, 2.45) is 0 Å². The van der Waals surface area contributed by atoms with Gasteiger partial charge in [0, 0.05) is 6.20 Å². The van der Waals surface area contributed by atoms with Gasteiger partial charge in [-0.05, 0) is 19.1 Å². The fraction of sp³-hybridized carbons (Fsp3) is 0.250. The van der Waals surface area contributed by atoms with Crippen LogP contribution in [0.15, 0.2) is 23.4 Å². The Morgan fingerprint density at radius 1 is 1.67 bits per heavy atom. The number of thioether (sulfide) groups is 1. The number of hydrogen-bond acceptors (Lipinski definition) is 4. The molecule has 1 heterocycles. The SMILES string of the molecule is C#CCNC(=O)C(C)Sc1ncccc1C(=O)O. The van der Waals surface area contributed by atoms with Gasteiger partial charge in [-0.1, -0.05) is 17.7 Å². The van der Waals surface area contributed by atoms with Crippen LogP contribution in [0, 0.1) is 12.3 Å². The number of nitrogens with one attached hydrogen (secondary N) is 1. The number of carboxylic acid groups (broad SMARTS) is 1. The molecule has 1 aromatic rings. The quantitative estimate of drug-likeness (QED) is 0.613. The molecule has 0 aromatic carbocycles. The number of rotatable bonds is 5. The minimum Gasteiger partial charge on any atom is -0.478 e. The standard InChI is InChI=1S/C12H12N2O3S/c1-3-6-13-10(15)8(2)18-11-9(12(16)17)5-4-7-14-11/h1,4-5,7-8H,6H2,2H3,(H,13,15)(H,16,17). The van der Waals surface area contributed by atoms with E-state index in [0.717, 1.165) is 11.8 Å². The van der Waals surface area contributed by atoms with Crippen LogP contribution in [-0.4, -0.2) is 33.8 Å². The van der Waals surface area contributed by atoms with Crippen molar-refractivity contribution in [2.45, 2.75) is 17.2 Å². The van der Waals surface area contributed by atoms with Crippen molar-refractivity contribution in [1.29, 1.82) is 0 Å². The molecule has 0 saturated carbocycles. The van der Waals surface area contributed by atoms with Crippen LogP contribution in [0.4, 0.5) is 0 Å². The molecule has 0 aliphatic rings. The van der Waals surface area contributed by atoms with Crippen LogP contribution in [0.3, 0.4) is 0 Å². The molecule has 6 heteroatoms. The van der Waals surface area contributed by atoms with E-state index in [1.54, 1.807) is 6.92 Å². The molecule has 5 nitrogen and oxygen atoms in total. The third-order valence-corrected chi connectivity index (χ3v) is 3.14. The van der Waals surface area contributed by atoms with E-state index in [2.05, 4.69) is 16.2 Å². The first-order chi connectivity index (χ1) is 8.56.